The lowest BCUT2D eigenvalue weighted by molar-refractivity contribution is 0.376. The normalized spacial score (nSPS) is 10.7. The summed E-state index contributed by atoms with van der Waals surface area (Å²) in [7, 11) is 4.83. The number of ether oxygens (including phenoxy) is 3. The highest BCUT2D eigenvalue weighted by Gasteiger charge is 2.19. The van der Waals surface area contributed by atoms with Crippen LogP contribution in [0, 0.1) is 0 Å². The third-order valence-corrected chi connectivity index (χ3v) is 5.23. The van der Waals surface area contributed by atoms with Crippen molar-refractivity contribution in [2.75, 3.05) is 26.1 Å². The minimum atomic E-state index is 0.387. The average Bonchev–Trinajstić information content (AvgIpc) is 3.20. The Kier molecular flexibility index (Phi) is 5.44. The fraction of sp³-hybridized carbons (Fsp3) is 0.143. The predicted octanol–water partition coefficient (Wildman–Crippen LogP) is 5.03. The molecule has 2 aromatic heterocycles. The zero-order valence-corrected chi connectivity index (χ0v) is 16.9. The number of pyridine rings is 1. The van der Waals surface area contributed by atoms with Crippen LogP contribution in [0.4, 0.5) is 5.82 Å². The van der Waals surface area contributed by atoms with Crippen LogP contribution in [0.1, 0.15) is 0 Å². The second-order valence-electron chi connectivity index (χ2n) is 5.98. The molecule has 4 rings (SSSR count). The molecule has 0 bridgehead atoms. The minimum absolute atomic E-state index is 0.387. The average molecular weight is 409 g/mol. The summed E-state index contributed by atoms with van der Waals surface area (Å²) in [6.45, 7) is 0. The number of fused-ring (bicyclic) bond motifs is 1. The van der Waals surface area contributed by atoms with E-state index in [2.05, 4.69) is 14.9 Å². The molecule has 0 saturated heterocycles. The van der Waals surface area contributed by atoms with Gasteiger partial charge in [0.05, 0.1) is 27.0 Å². The van der Waals surface area contributed by atoms with Crippen LogP contribution < -0.4 is 18.9 Å². The Hall–Kier alpha value is -3.39. The van der Waals surface area contributed by atoms with Gasteiger partial charge in [-0.1, -0.05) is 41.6 Å². The van der Waals surface area contributed by atoms with Gasteiger partial charge in [-0.15, -0.1) is 0 Å². The van der Waals surface area contributed by atoms with Crippen LogP contribution in [0.2, 0.25) is 0 Å². The first kappa shape index (κ1) is 18.9. The topological polar surface area (TPSA) is 78.6 Å². The Morgan fingerprint density at radius 2 is 1.55 bits per heavy atom. The summed E-state index contributed by atoms with van der Waals surface area (Å²) >= 11 is 1.31. The van der Waals surface area contributed by atoms with E-state index < -0.39 is 0 Å². The molecular weight excluding hydrogens is 390 g/mol. The molecule has 0 saturated carbocycles. The van der Waals surface area contributed by atoms with Crippen molar-refractivity contribution in [2.24, 2.45) is 0 Å². The number of hydrogen-bond acceptors (Lipinski definition) is 8. The van der Waals surface area contributed by atoms with Gasteiger partial charge in [0, 0.05) is 11.6 Å². The SMILES string of the molecule is COc1cccc(OC)c1SNc1noc2nc(-c3ccccc3)cc(OC)c12. The standard InChI is InChI=1S/C21H19N3O4S/c1-25-15-10-7-11-16(26-2)19(15)29-24-20-18-17(27-3)12-14(22-21(18)28-23-20)13-8-5-4-6-9-13/h4-12H,1-3H3,(H,23,24). The van der Waals surface area contributed by atoms with E-state index in [1.807, 2.05) is 54.6 Å². The van der Waals surface area contributed by atoms with Crippen molar-refractivity contribution in [3.05, 3.63) is 54.6 Å². The molecule has 0 aliphatic rings. The molecule has 0 spiro atoms. The van der Waals surface area contributed by atoms with Crippen molar-refractivity contribution in [2.45, 2.75) is 4.90 Å². The van der Waals surface area contributed by atoms with E-state index in [0.29, 0.717) is 34.2 Å². The Labute approximate surface area is 172 Å². The zero-order chi connectivity index (χ0) is 20.2. The van der Waals surface area contributed by atoms with E-state index in [-0.39, 0.29) is 0 Å². The van der Waals surface area contributed by atoms with Gasteiger partial charge in [-0.2, -0.15) is 0 Å². The Morgan fingerprint density at radius 1 is 0.862 bits per heavy atom. The van der Waals surface area contributed by atoms with E-state index in [1.165, 1.54) is 11.9 Å². The summed E-state index contributed by atoms with van der Waals surface area (Å²) < 4.78 is 25.1. The van der Waals surface area contributed by atoms with Crippen molar-refractivity contribution >= 4 is 28.9 Å². The molecule has 148 valence electrons. The fourth-order valence-corrected chi connectivity index (χ4v) is 3.76. The lowest BCUT2D eigenvalue weighted by Crippen LogP contribution is -1.96. The van der Waals surface area contributed by atoms with Gasteiger partial charge < -0.3 is 23.5 Å². The number of methoxy groups -OCH3 is 3. The van der Waals surface area contributed by atoms with Gasteiger partial charge >= 0.3 is 0 Å². The summed E-state index contributed by atoms with van der Waals surface area (Å²) in [4.78, 5) is 5.38. The molecule has 0 aliphatic heterocycles. The van der Waals surface area contributed by atoms with Gasteiger partial charge in [-0.3, -0.25) is 0 Å². The van der Waals surface area contributed by atoms with Crippen molar-refractivity contribution in [3.8, 4) is 28.5 Å². The van der Waals surface area contributed by atoms with Gasteiger partial charge in [-0.25, -0.2) is 4.98 Å². The first-order valence-corrected chi connectivity index (χ1v) is 9.60. The molecule has 0 amide bonds. The number of benzene rings is 2. The summed E-state index contributed by atoms with van der Waals surface area (Å²) in [5.41, 5.74) is 2.10. The maximum absolute atomic E-state index is 5.59. The number of nitrogens with one attached hydrogen (secondary N) is 1. The van der Waals surface area contributed by atoms with Crippen LogP contribution in [-0.4, -0.2) is 31.5 Å². The van der Waals surface area contributed by atoms with Gasteiger partial charge in [0.25, 0.3) is 5.71 Å². The minimum Gasteiger partial charge on any atom is -0.496 e. The lowest BCUT2D eigenvalue weighted by atomic mass is 10.1. The van der Waals surface area contributed by atoms with E-state index >= 15 is 0 Å². The zero-order valence-electron chi connectivity index (χ0n) is 16.1. The quantitative estimate of drug-likeness (QED) is 0.426. The molecule has 0 unspecified atom stereocenters. The van der Waals surface area contributed by atoms with E-state index in [9.17, 15) is 0 Å². The van der Waals surface area contributed by atoms with E-state index in [0.717, 1.165) is 16.2 Å². The molecule has 29 heavy (non-hydrogen) atoms. The predicted molar refractivity (Wildman–Crippen MR) is 113 cm³/mol. The molecule has 4 aromatic rings. The van der Waals surface area contributed by atoms with Crippen molar-refractivity contribution < 1.29 is 18.7 Å². The second kappa shape index (κ2) is 8.32. The van der Waals surface area contributed by atoms with Crippen molar-refractivity contribution in [1.29, 1.82) is 0 Å². The van der Waals surface area contributed by atoms with Crippen LogP contribution >= 0.6 is 11.9 Å². The van der Waals surface area contributed by atoms with Crippen LogP contribution in [0.15, 0.2) is 64.0 Å². The molecule has 8 heteroatoms. The summed E-state index contributed by atoms with van der Waals surface area (Å²) in [6.07, 6.45) is 0. The smallest absolute Gasteiger partial charge is 0.264 e. The molecular formula is C21H19N3O4S. The molecule has 1 N–H and O–H groups in total. The first-order valence-electron chi connectivity index (χ1n) is 8.78. The fourth-order valence-electron chi connectivity index (χ4n) is 2.92. The number of anilines is 1. The summed E-state index contributed by atoms with van der Waals surface area (Å²) in [5.74, 6) is 2.49. The highest BCUT2D eigenvalue weighted by atomic mass is 32.2. The van der Waals surface area contributed by atoms with Gasteiger partial charge in [-0.05, 0) is 24.1 Å². The van der Waals surface area contributed by atoms with Crippen molar-refractivity contribution in [3.63, 3.8) is 0 Å². The Morgan fingerprint density at radius 3 is 2.21 bits per heavy atom. The maximum atomic E-state index is 5.59. The number of rotatable bonds is 7. The number of nitrogens with zero attached hydrogens (tertiary/aromatic N) is 2. The van der Waals surface area contributed by atoms with Crippen LogP contribution in [-0.2, 0) is 0 Å². The molecule has 0 fully saturated rings. The van der Waals surface area contributed by atoms with Gasteiger partial charge in [0.15, 0.2) is 5.82 Å². The lowest BCUT2D eigenvalue weighted by Gasteiger charge is -2.12. The Bertz CT molecular complexity index is 1110. The maximum Gasteiger partial charge on any atom is 0.264 e. The molecule has 2 aromatic carbocycles. The van der Waals surface area contributed by atoms with Crippen molar-refractivity contribution in [1.82, 2.24) is 10.1 Å². The third-order valence-electron chi connectivity index (χ3n) is 4.33. The van der Waals surface area contributed by atoms with E-state index in [1.54, 1.807) is 21.3 Å². The van der Waals surface area contributed by atoms with Crippen LogP contribution in [0.5, 0.6) is 17.2 Å². The number of aromatic nitrogens is 2. The highest BCUT2D eigenvalue weighted by Crippen LogP contribution is 2.40. The number of hydrogen-bond donors (Lipinski definition) is 1. The van der Waals surface area contributed by atoms with E-state index in [4.69, 9.17) is 18.7 Å². The van der Waals surface area contributed by atoms with Crippen LogP contribution in [0.25, 0.3) is 22.4 Å². The van der Waals surface area contributed by atoms with Gasteiger partial charge in [0.1, 0.15) is 27.5 Å². The molecule has 0 atom stereocenters. The van der Waals surface area contributed by atoms with Crippen LogP contribution in [0.3, 0.4) is 0 Å². The van der Waals surface area contributed by atoms with Gasteiger partial charge in [0.2, 0.25) is 0 Å². The first-order chi connectivity index (χ1) is 14.2. The third kappa shape index (κ3) is 3.66. The summed E-state index contributed by atoms with van der Waals surface area (Å²) in [6, 6.07) is 17.3. The second-order valence-corrected chi connectivity index (χ2v) is 6.80. The summed E-state index contributed by atoms with van der Waals surface area (Å²) in [5, 5.41) is 4.79. The molecule has 7 nitrogen and oxygen atoms in total. The largest absolute Gasteiger partial charge is 0.496 e. The molecule has 0 radical (unpaired) electrons. The monoisotopic (exact) mass is 409 g/mol. The molecule has 2 heterocycles. The highest BCUT2D eigenvalue weighted by molar-refractivity contribution is 8.00. The molecule has 0 aliphatic carbocycles. The Balaban J connectivity index is 1.70.